The maximum atomic E-state index is 12.9. The third-order valence-electron chi connectivity index (χ3n) is 5.08. The number of hydrogen-bond donors (Lipinski definition) is 1. The molecule has 1 aromatic carbocycles. The van der Waals surface area contributed by atoms with E-state index in [2.05, 4.69) is 5.32 Å². The molecule has 1 N–H and O–H groups in total. The van der Waals surface area contributed by atoms with Crippen LogP contribution in [-0.2, 0) is 25.7 Å². The molecular formula is C18H23F3N2O4S. The summed E-state index contributed by atoms with van der Waals surface area (Å²) in [6.07, 6.45) is -1.81. The lowest BCUT2D eigenvalue weighted by Crippen LogP contribution is -2.46. The van der Waals surface area contributed by atoms with Crippen molar-refractivity contribution in [2.24, 2.45) is 5.92 Å². The molecule has 156 valence electrons. The van der Waals surface area contributed by atoms with Gasteiger partial charge in [-0.15, -0.1) is 0 Å². The quantitative estimate of drug-likeness (QED) is 0.794. The van der Waals surface area contributed by atoms with Crippen LogP contribution in [0.2, 0.25) is 0 Å². The van der Waals surface area contributed by atoms with Crippen molar-refractivity contribution in [2.75, 3.05) is 26.2 Å². The number of piperidine rings is 1. The zero-order valence-corrected chi connectivity index (χ0v) is 16.1. The average Bonchev–Trinajstić information content (AvgIpc) is 3.19. The predicted octanol–water partition coefficient (Wildman–Crippen LogP) is 2.40. The molecule has 3 rings (SSSR count). The van der Waals surface area contributed by atoms with Gasteiger partial charge in [0.25, 0.3) is 0 Å². The van der Waals surface area contributed by atoms with Gasteiger partial charge in [-0.25, -0.2) is 8.42 Å². The number of benzene rings is 1. The fourth-order valence-electron chi connectivity index (χ4n) is 3.52. The first-order chi connectivity index (χ1) is 13.2. The minimum atomic E-state index is -4.63. The van der Waals surface area contributed by atoms with Crippen LogP contribution in [0.3, 0.4) is 0 Å². The van der Waals surface area contributed by atoms with Crippen LogP contribution in [0.5, 0.6) is 0 Å². The molecule has 2 heterocycles. The Hall–Kier alpha value is -1.65. The van der Waals surface area contributed by atoms with Crippen LogP contribution >= 0.6 is 0 Å². The van der Waals surface area contributed by atoms with Crippen LogP contribution in [0.4, 0.5) is 13.2 Å². The predicted molar refractivity (Wildman–Crippen MR) is 94.9 cm³/mol. The van der Waals surface area contributed by atoms with Crippen molar-refractivity contribution in [3.63, 3.8) is 0 Å². The van der Waals surface area contributed by atoms with Gasteiger partial charge in [0.15, 0.2) is 0 Å². The van der Waals surface area contributed by atoms with Gasteiger partial charge in [-0.1, -0.05) is 6.07 Å². The Morgan fingerprint density at radius 2 is 2.04 bits per heavy atom. The number of rotatable bonds is 5. The van der Waals surface area contributed by atoms with Crippen LogP contribution in [0.1, 0.15) is 31.2 Å². The second kappa shape index (κ2) is 8.38. The van der Waals surface area contributed by atoms with Crippen molar-refractivity contribution in [2.45, 2.75) is 42.9 Å². The molecule has 0 bridgehead atoms. The van der Waals surface area contributed by atoms with Gasteiger partial charge >= 0.3 is 6.18 Å². The first kappa shape index (κ1) is 21.1. The van der Waals surface area contributed by atoms with Gasteiger partial charge in [0, 0.05) is 26.2 Å². The summed E-state index contributed by atoms with van der Waals surface area (Å²) < 4.78 is 70.9. The van der Waals surface area contributed by atoms with E-state index in [0.717, 1.165) is 35.3 Å². The Kier molecular flexibility index (Phi) is 6.31. The summed E-state index contributed by atoms with van der Waals surface area (Å²) >= 11 is 0. The SMILES string of the molecule is O=C(NC[C@H]1CCCO1)[C@H]1CCCN(S(=O)(=O)c2cccc(C(F)(F)F)c2)C1. The number of amides is 1. The summed E-state index contributed by atoms with van der Waals surface area (Å²) in [4.78, 5) is 12.0. The van der Waals surface area contributed by atoms with E-state index in [4.69, 9.17) is 4.74 Å². The number of halogens is 3. The Morgan fingerprint density at radius 3 is 2.71 bits per heavy atom. The third kappa shape index (κ3) is 4.84. The van der Waals surface area contributed by atoms with Gasteiger partial charge in [-0.3, -0.25) is 4.79 Å². The normalized spacial score (nSPS) is 24.2. The molecule has 2 aliphatic heterocycles. The zero-order chi connectivity index (χ0) is 20.4. The van der Waals surface area contributed by atoms with E-state index in [1.807, 2.05) is 0 Å². The molecule has 2 saturated heterocycles. The van der Waals surface area contributed by atoms with Crippen LogP contribution in [0.25, 0.3) is 0 Å². The van der Waals surface area contributed by atoms with E-state index in [9.17, 15) is 26.4 Å². The van der Waals surface area contributed by atoms with Gasteiger partial charge in [0.1, 0.15) is 0 Å². The van der Waals surface area contributed by atoms with Gasteiger partial charge in [-0.2, -0.15) is 17.5 Å². The number of nitrogens with zero attached hydrogens (tertiary/aromatic N) is 1. The lowest BCUT2D eigenvalue weighted by Gasteiger charge is -2.31. The number of alkyl halides is 3. The minimum absolute atomic E-state index is 0.0162. The molecule has 0 spiro atoms. The van der Waals surface area contributed by atoms with Crippen molar-refractivity contribution in [3.8, 4) is 0 Å². The second-order valence-corrected chi connectivity index (χ2v) is 9.05. The van der Waals surface area contributed by atoms with Gasteiger partial charge < -0.3 is 10.1 Å². The zero-order valence-electron chi connectivity index (χ0n) is 15.2. The third-order valence-corrected chi connectivity index (χ3v) is 6.94. The number of carbonyl (C=O) groups is 1. The largest absolute Gasteiger partial charge is 0.416 e. The smallest absolute Gasteiger partial charge is 0.376 e. The number of hydrogen-bond acceptors (Lipinski definition) is 4. The summed E-state index contributed by atoms with van der Waals surface area (Å²) in [6, 6.07) is 3.68. The van der Waals surface area contributed by atoms with E-state index in [-0.39, 0.29) is 25.1 Å². The topological polar surface area (TPSA) is 75.7 Å². The van der Waals surface area contributed by atoms with E-state index in [0.29, 0.717) is 32.1 Å². The number of sulfonamides is 1. The monoisotopic (exact) mass is 420 g/mol. The van der Waals surface area contributed by atoms with E-state index in [1.54, 1.807) is 0 Å². The Bertz CT molecular complexity index is 807. The molecule has 0 radical (unpaired) electrons. The molecule has 0 aromatic heterocycles. The molecule has 1 amide bonds. The standard InChI is InChI=1S/C18H23F3N2O4S/c19-18(20,21)14-5-1-7-16(10-14)28(25,26)23-8-2-4-13(12-23)17(24)22-11-15-6-3-9-27-15/h1,5,7,10,13,15H,2-4,6,8-9,11-12H2,(H,22,24)/t13-,15+/m0/s1. The van der Waals surface area contributed by atoms with E-state index >= 15 is 0 Å². The number of carbonyl (C=O) groups excluding carboxylic acids is 1. The van der Waals surface area contributed by atoms with Gasteiger partial charge in [0.2, 0.25) is 15.9 Å². The molecule has 0 unspecified atom stereocenters. The highest BCUT2D eigenvalue weighted by Crippen LogP contribution is 2.32. The second-order valence-electron chi connectivity index (χ2n) is 7.11. The van der Waals surface area contributed by atoms with Crippen molar-refractivity contribution in [1.82, 2.24) is 9.62 Å². The molecule has 10 heteroatoms. The summed E-state index contributed by atoms with van der Waals surface area (Å²) in [5, 5.41) is 2.80. The summed E-state index contributed by atoms with van der Waals surface area (Å²) in [5.74, 6) is -0.782. The molecule has 6 nitrogen and oxygen atoms in total. The average molecular weight is 420 g/mol. The molecule has 1 aromatic rings. The first-order valence-electron chi connectivity index (χ1n) is 9.24. The van der Waals surface area contributed by atoms with Crippen molar-refractivity contribution < 1.29 is 31.1 Å². The summed E-state index contributed by atoms with van der Waals surface area (Å²) in [7, 11) is -4.11. The highest BCUT2D eigenvalue weighted by molar-refractivity contribution is 7.89. The Morgan fingerprint density at radius 1 is 1.25 bits per heavy atom. The molecule has 0 saturated carbocycles. The maximum Gasteiger partial charge on any atom is 0.416 e. The van der Waals surface area contributed by atoms with Gasteiger partial charge in [-0.05, 0) is 43.9 Å². The lowest BCUT2D eigenvalue weighted by molar-refractivity contribution is -0.137. The first-order valence-corrected chi connectivity index (χ1v) is 10.7. The van der Waals surface area contributed by atoms with Crippen molar-refractivity contribution in [3.05, 3.63) is 29.8 Å². The Labute approximate surface area is 162 Å². The maximum absolute atomic E-state index is 12.9. The van der Waals surface area contributed by atoms with E-state index in [1.165, 1.54) is 0 Å². The highest BCUT2D eigenvalue weighted by atomic mass is 32.2. The molecule has 2 aliphatic rings. The van der Waals surface area contributed by atoms with Crippen LogP contribution in [-0.4, -0.2) is 51.0 Å². The molecular weight excluding hydrogens is 397 g/mol. The molecule has 0 aliphatic carbocycles. The van der Waals surface area contributed by atoms with Crippen LogP contribution < -0.4 is 5.32 Å². The fourth-order valence-corrected chi connectivity index (χ4v) is 5.09. The Balaban J connectivity index is 1.68. The fraction of sp³-hybridized carbons (Fsp3) is 0.611. The van der Waals surface area contributed by atoms with Crippen LogP contribution in [0.15, 0.2) is 29.2 Å². The highest BCUT2D eigenvalue weighted by Gasteiger charge is 2.36. The molecule has 28 heavy (non-hydrogen) atoms. The minimum Gasteiger partial charge on any atom is -0.376 e. The number of ether oxygens (including phenoxy) is 1. The molecule has 2 fully saturated rings. The number of nitrogens with one attached hydrogen (secondary N) is 1. The molecule has 2 atom stereocenters. The summed E-state index contributed by atoms with van der Waals surface area (Å²) in [5.41, 5.74) is -1.02. The van der Waals surface area contributed by atoms with Crippen molar-refractivity contribution >= 4 is 15.9 Å². The van der Waals surface area contributed by atoms with Crippen molar-refractivity contribution in [1.29, 1.82) is 0 Å². The summed E-state index contributed by atoms with van der Waals surface area (Å²) in [6.45, 7) is 1.19. The van der Waals surface area contributed by atoms with Crippen LogP contribution in [0, 0.1) is 5.92 Å². The lowest BCUT2D eigenvalue weighted by atomic mass is 9.99. The van der Waals surface area contributed by atoms with Gasteiger partial charge in [0.05, 0.1) is 22.5 Å². The van der Waals surface area contributed by atoms with E-state index < -0.39 is 32.6 Å².